The van der Waals surface area contributed by atoms with Gasteiger partial charge in [-0.1, -0.05) is 0 Å². The van der Waals surface area contributed by atoms with Crippen molar-refractivity contribution in [2.24, 2.45) is 0 Å². The molecule has 0 spiro atoms. The number of ether oxygens (including phenoxy) is 1. The summed E-state index contributed by atoms with van der Waals surface area (Å²) in [5.74, 6) is -2.16. The summed E-state index contributed by atoms with van der Waals surface area (Å²) in [6, 6.07) is 0.915. The number of alkyl halides is 2. The number of hydrogen-bond donors (Lipinski definition) is 0. The number of rotatable bonds is 3. The van der Waals surface area contributed by atoms with Crippen LogP contribution in [0.25, 0.3) is 0 Å². The summed E-state index contributed by atoms with van der Waals surface area (Å²) in [6.07, 6.45) is -3.02. The van der Waals surface area contributed by atoms with E-state index >= 15 is 0 Å². The summed E-state index contributed by atoms with van der Waals surface area (Å²) < 4.78 is 43.0. The third-order valence-corrected chi connectivity index (χ3v) is 1.81. The second-order valence-corrected chi connectivity index (χ2v) is 3.03. The number of halogens is 3. The number of nitrogens with zero attached hydrogens (tertiary/aromatic N) is 1. The minimum absolute atomic E-state index is 0.0190. The van der Waals surface area contributed by atoms with Crippen LogP contribution < -0.4 is 0 Å². The minimum Gasteiger partial charge on any atom is -0.462 e. The first-order chi connectivity index (χ1) is 7.47. The van der Waals surface area contributed by atoms with E-state index in [1.165, 1.54) is 13.8 Å². The van der Waals surface area contributed by atoms with E-state index in [0.29, 0.717) is 0 Å². The smallest absolute Gasteiger partial charge is 0.343 e. The SMILES string of the molecule is CCOC(=O)c1c(F)cc(C)nc1C(F)F. The van der Waals surface area contributed by atoms with Crippen LogP contribution in [0.2, 0.25) is 0 Å². The molecule has 0 saturated carbocycles. The standard InChI is InChI=1S/C10H10F3NO2/c1-3-16-10(15)7-6(11)4-5(2)14-8(7)9(12)13/h4,9H,3H2,1-2H3. The van der Waals surface area contributed by atoms with Crippen molar-refractivity contribution in [2.75, 3.05) is 6.61 Å². The Balaban J connectivity index is 3.29. The molecule has 0 bridgehead atoms. The number of aryl methyl sites for hydroxylation is 1. The van der Waals surface area contributed by atoms with Gasteiger partial charge in [0, 0.05) is 5.69 Å². The molecule has 1 aromatic heterocycles. The molecule has 16 heavy (non-hydrogen) atoms. The quantitative estimate of drug-likeness (QED) is 0.753. The number of carbonyl (C=O) groups is 1. The first kappa shape index (κ1) is 12.5. The molecule has 0 N–H and O–H groups in total. The van der Waals surface area contributed by atoms with Crippen LogP contribution in [0.3, 0.4) is 0 Å². The van der Waals surface area contributed by atoms with Gasteiger partial charge in [-0.15, -0.1) is 0 Å². The van der Waals surface area contributed by atoms with Gasteiger partial charge in [0.05, 0.1) is 6.61 Å². The van der Waals surface area contributed by atoms with Crippen molar-refractivity contribution in [3.8, 4) is 0 Å². The molecule has 88 valence electrons. The van der Waals surface area contributed by atoms with Gasteiger partial charge in [-0.2, -0.15) is 0 Å². The van der Waals surface area contributed by atoms with Crippen LogP contribution in [-0.2, 0) is 4.74 Å². The first-order valence-electron chi connectivity index (χ1n) is 4.59. The fraction of sp³-hybridized carbons (Fsp3) is 0.400. The molecule has 0 amide bonds. The van der Waals surface area contributed by atoms with Crippen molar-refractivity contribution in [1.82, 2.24) is 4.98 Å². The molecule has 0 aromatic carbocycles. The van der Waals surface area contributed by atoms with Gasteiger partial charge >= 0.3 is 5.97 Å². The van der Waals surface area contributed by atoms with E-state index in [2.05, 4.69) is 9.72 Å². The number of pyridine rings is 1. The Hall–Kier alpha value is -1.59. The second-order valence-electron chi connectivity index (χ2n) is 3.03. The maximum atomic E-state index is 13.4. The van der Waals surface area contributed by atoms with Crippen LogP contribution in [0.1, 0.15) is 35.1 Å². The largest absolute Gasteiger partial charge is 0.462 e. The Bertz CT molecular complexity index is 407. The van der Waals surface area contributed by atoms with Crippen molar-refractivity contribution in [2.45, 2.75) is 20.3 Å². The van der Waals surface area contributed by atoms with Gasteiger partial charge in [0.2, 0.25) is 0 Å². The average Bonchev–Trinajstić information content (AvgIpc) is 2.16. The van der Waals surface area contributed by atoms with Crippen molar-refractivity contribution < 1.29 is 22.7 Å². The van der Waals surface area contributed by atoms with Gasteiger partial charge in [0.1, 0.15) is 17.1 Å². The maximum Gasteiger partial charge on any atom is 0.343 e. The van der Waals surface area contributed by atoms with E-state index in [4.69, 9.17) is 0 Å². The Morgan fingerprint density at radius 1 is 1.56 bits per heavy atom. The Labute approximate surface area is 90.2 Å². The Kier molecular flexibility index (Phi) is 3.87. The van der Waals surface area contributed by atoms with E-state index in [1.54, 1.807) is 0 Å². The Morgan fingerprint density at radius 3 is 2.69 bits per heavy atom. The number of aromatic nitrogens is 1. The predicted molar refractivity (Wildman–Crippen MR) is 49.8 cm³/mol. The lowest BCUT2D eigenvalue weighted by Crippen LogP contribution is -2.13. The molecule has 0 aliphatic rings. The molecule has 0 saturated heterocycles. The van der Waals surface area contributed by atoms with Crippen LogP contribution in [-0.4, -0.2) is 17.6 Å². The normalized spacial score (nSPS) is 10.6. The Morgan fingerprint density at radius 2 is 2.19 bits per heavy atom. The van der Waals surface area contributed by atoms with E-state index in [1.807, 2.05) is 0 Å². The fourth-order valence-electron chi connectivity index (χ4n) is 1.22. The van der Waals surface area contributed by atoms with Crippen LogP contribution in [0.4, 0.5) is 13.2 Å². The molecule has 6 heteroatoms. The molecule has 0 unspecified atom stereocenters. The molecular formula is C10H10F3NO2. The molecule has 0 aliphatic heterocycles. The third kappa shape index (κ3) is 2.50. The summed E-state index contributed by atoms with van der Waals surface area (Å²) in [5.41, 5.74) is -1.58. The van der Waals surface area contributed by atoms with Crippen LogP contribution in [0.5, 0.6) is 0 Å². The molecule has 1 heterocycles. The van der Waals surface area contributed by atoms with Gasteiger partial charge in [0.15, 0.2) is 0 Å². The number of hydrogen-bond acceptors (Lipinski definition) is 3. The van der Waals surface area contributed by atoms with Gasteiger partial charge in [-0.25, -0.2) is 18.0 Å². The molecular weight excluding hydrogens is 223 g/mol. The van der Waals surface area contributed by atoms with Gasteiger partial charge in [0.25, 0.3) is 6.43 Å². The highest BCUT2D eigenvalue weighted by atomic mass is 19.3. The molecule has 0 radical (unpaired) electrons. The lowest BCUT2D eigenvalue weighted by molar-refractivity contribution is 0.0507. The van der Waals surface area contributed by atoms with E-state index in [0.717, 1.165) is 6.07 Å². The topological polar surface area (TPSA) is 39.2 Å². The third-order valence-electron chi connectivity index (χ3n) is 1.81. The van der Waals surface area contributed by atoms with Crippen molar-refractivity contribution >= 4 is 5.97 Å². The maximum absolute atomic E-state index is 13.4. The first-order valence-corrected chi connectivity index (χ1v) is 4.59. The van der Waals surface area contributed by atoms with Crippen molar-refractivity contribution in [3.63, 3.8) is 0 Å². The van der Waals surface area contributed by atoms with E-state index in [-0.39, 0.29) is 12.3 Å². The highest BCUT2D eigenvalue weighted by molar-refractivity contribution is 5.91. The molecule has 1 aromatic rings. The van der Waals surface area contributed by atoms with Gasteiger partial charge < -0.3 is 4.74 Å². The summed E-state index contributed by atoms with van der Waals surface area (Å²) >= 11 is 0. The molecule has 0 fully saturated rings. The molecule has 1 rings (SSSR count). The number of esters is 1. The zero-order valence-corrected chi connectivity index (χ0v) is 8.76. The molecule has 0 atom stereocenters. The van der Waals surface area contributed by atoms with Crippen molar-refractivity contribution in [3.05, 3.63) is 28.8 Å². The lowest BCUT2D eigenvalue weighted by atomic mass is 10.1. The summed E-state index contributed by atoms with van der Waals surface area (Å²) in [6.45, 7) is 2.85. The van der Waals surface area contributed by atoms with E-state index in [9.17, 15) is 18.0 Å². The highest BCUT2D eigenvalue weighted by Gasteiger charge is 2.25. The van der Waals surface area contributed by atoms with Gasteiger partial charge in [-0.05, 0) is 19.9 Å². The lowest BCUT2D eigenvalue weighted by Gasteiger charge is -2.09. The molecule has 0 aliphatic carbocycles. The average molecular weight is 233 g/mol. The fourth-order valence-corrected chi connectivity index (χ4v) is 1.22. The summed E-state index contributed by atoms with van der Waals surface area (Å²) in [5, 5.41) is 0. The minimum atomic E-state index is -3.02. The summed E-state index contributed by atoms with van der Waals surface area (Å²) in [7, 11) is 0. The van der Waals surface area contributed by atoms with Crippen LogP contribution in [0, 0.1) is 12.7 Å². The zero-order valence-electron chi connectivity index (χ0n) is 8.76. The zero-order chi connectivity index (χ0) is 12.3. The predicted octanol–water partition coefficient (Wildman–Crippen LogP) is 2.64. The summed E-state index contributed by atoms with van der Waals surface area (Å²) in [4.78, 5) is 14.7. The van der Waals surface area contributed by atoms with Crippen LogP contribution >= 0.6 is 0 Å². The van der Waals surface area contributed by atoms with Gasteiger partial charge in [-0.3, -0.25) is 4.98 Å². The van der Waals surface area contributed by atoms with Crippen molar-refractivity contribution in [1.29, 1.82) is 0 Å². The van der Waals surface area contributed by atoms with E-state index < -0.39 is 29.5 Å². The van der Waals surface area contributed by atoms with Crippen LogP contribution in [0.15, 0.2) is 6.07 Å². The highest BCUT2D eigenvalue weighted by Crippen LogP contribution is 2.24. The molecule has 3 nitrogen and oxygen atoms in total. The second kappa shape index (κ2) is 4.96. The number of carbonyl (C=O) groups excluding carboxylic acids is 1. The monoisotopic (exact) mass is 233 g/mol.